The highest BCUT2D eigenvalue weighted by Crippen LogP contribution is 2.54. The van der Waals surface area contributed by atoms with Crippen molar-refractivity contribution in [2.75, 3.05) is 55.2 Å². The molecule has 0 radical (unpaired) electrons. The van der Waals surface area contributed by atoms with Crippen LogP contribution in [-0.2, 0) is 12.8 Å². The lowest BCUT2D eigenvalue weighted by molar-refractivity contribution is 0.146. The number of ether oxygens (including phenoxy) is 6. The zero-order valence-electron chi connectivity index (χ0n) is 21.6. The van der Waals surface area contributed by atoms with E-state index in [9.17, 15) is 0 Å². The van der Waals surface area contributed by atoms with Gasteiger partial charge < -0.3 is 28.4 Å². The summed E-state index contributed by atoms with van der Waals surface area (Å²) in [5.74, 6) is 4.43. The first-order valence-electron chi connectivity index (χ1n) is 12.2. The summed E-state index contributed by atoms with van der Waals surface area (Å²) in [7, 11) is 8.39. The van der Waals surface area contributed by atoms with Crippen LogP contribution in [-0.4, -0.2) is 60.1 Å². The molecule has 1 heterocycles. The first kappa shape index (κ1) is 24.1. The molecule has 0 unspecified atom stereocenters. The van der Waals surface area contributed by atoms with Crippen LogP contribution in [0.2, 0.25) is 0 Å². The second kappa shape index (κ2) is 10.2. The predicted octanol–water partition coefficient (Wildman–Crippen LogP) is 4.93. The molecule has 7 heteroatoms. The topological polar surface area (TPSA) is 58.6 Å². The minimum Gasteiger partial charge on any atom is -0.493 e. The number of hydrogen-bond donors (Lipinski definition) is 0. The Hall–Kier alpha value is -3.58. The molecule has 0 amide bonds. The van der Waals surface area contributed by atoms with Crippen molar-refractivity contribution < 1.29 is 28.4 Å². The molecule has 0 bridgehead atoms. The van der Waals surface area contributed by atoms with Crippen molar-refractivity contribution in [3.8, 4) is 45.6 Å². The molecule has 1 aliphatic heterocycles. The first-order chi connectivity index (χ1) is 17.6. The zero-order chi connectivity index (χ0) is 25.2. The molecule has 0 saturated carbocycles. The van der Waals surface area contributed by atoms with Crippen LogP contribution in [0.25, 0.3) is 11.1 Å². The zero-order valence-corrected chi connectivity index (χ0v) is 21.6. The van der Waals surface area contributed by atoms with Gasteiger partial charge in [-0.05, 0) is 65.4 Å². The van der Waals surface area contributed by atoms with E-state index >= 15 is 0 Å². The van der Waals surface area contributed by atoms with Crippen LogP contribution in [0, 0.1) is 0 Å². The number of para-hydroxylation sites is 2. The quantitative estimate of drug-likeness (QED) is 0.421. The van der Waals surface area contributed by atoms with E-state index in [1.54, 1.807) is 35.5 Å². The van der Waals surface area contributed by atoms with E-state index < -0.39 is 0 Å². The van der Waals surface area contributed by atoms with E-state index in [1.165, 1.54) is 16.7 Å². The highest BCUT2D eigenvalue weighted by Gasteiger charge is 2.38. The third-order valence-electron chi connectivity index (χ3n) is 7.23. The Morgan fingerprint density at radius 2 is 1.42 bits per heavy atom. The van der Waals surface area contributed by atoms with Crippen molar-refractivity contribution in [2.45, 2.75) is 18.9 Å². The minimum absolute atomic E-state index is 0.190. The summed E-state index contributed by atoms with van der Waals surface area (Å²) in [5.41, 5.74) is 5.98. The van der Waals surface area contributed by atoms with Crippen molar-refractivity contribution in [2.24, 2.45) is 0 Å². The Bertz CT molecular complexity index is 1260. The molecular weight excluding hydrogens is 458 g/mol. The maximum Gasteiger partial charge on any atom is 0.168 e. The molecule has 5 rings (SSSR count). The molecule has 2 aliphatic rings. The highest BCUT2D eigenvalue weighted by molar-refractivity contribution is 5.85. The van der Waals surface area contributed by atoms with Crippen molar-refractivity contribution in [1.29, 1.82) is 0 Å². The molecule has 3 aromatic carbocycles. The lowest BCUT2D eigenvalue weighted by atomic mass is 9.76. The molecule has 0 saturated heterocycles. The molecule has 1 aliphatic carbocycles. The standard InChI is InChI=1S/C29H33NO6/c1-31-22-8-6-7-9-23(22)36-13-12-30-11-10-18-15-26(34-4)29(35-5)28-20-17-25(33-3)24(32-2)16-19(20)14-21(30)27(18)28/h6-9,15-17,21H,10-14H2,1-5H3/t21-/m0/s1. The minimum atomic E-state index is 0.190. The van der Waals surface area contributed by atoms with Crippen molar-refractivity contribution in [3.05, 3.63) is 59.2 Å². The average Bonchev–Trinajstić information content (AvgIpc) is 2.93. The Morgan fingerprint density at radius 3 is 2.11 bits per heavy atom. The van der Waals surface area contributed by atoms with Gasteiger partial charge in [0.1, 0.15) is 6.61 Å². The summed E-state index contributed by atoms with van der Waals surface area (Å²) in [5, 5.41) is 0. The van der Waals surface area contributed by atoms with Gasteiger partial charge in [0.25, 0.3) is 0 Å². The molecule has 0 aromatic heterocycles. The molecule has 0 N–H and O–H groups in total. The molecule has 3 aromatic rings. The summed E-state index contributed by atoms with van der Waals surface area (Å²) >= 11 is 0. The number of hydrogen-bond acceptors (Lipinski definition) is 7. The first-order valence-corrected chi connectivity index (χ1v) is 12.2. The van der Waals surface area contributed by atoms with Crippen molar-refractivity contribution in [3.63, 3.8) is 0 Å². The maximum atomic E-state index is 6.13. The summed E-state index contributed by atoms with van der Waals surface area (Å²) in [6.45, 7) is 2.29. The lowest BCUT2D eigenvalue weighted by Crippen LogP contribution is -2.40. The van der Waals surface area contributed by atoms with Gasteiger partial charge in [-0.1, -0.05) is 12.1 Å². The average molecular weight is 492 g/mol. The van der Waals surface area contributed by atoms with Gasteiger partial charge in [0, 0.05) is 24.7 Å². The van der Waals surface area contributed by atoms with Crippen LogP contribution in [0.1, 0.15) is 22.7 Å². The van der Waals surface area contributed by atoms with Crippen LogP contribution in [0.5, 0.6) is 34.5 Å². The fourth-order valence-corrected chi connectivity index (χ4v) is 5.56. The molecule has 0 spiro atoms. The van der Waals surface area contributed by atoms with Gasteiger partial charge >= 0.3 is 0 Å². The summed E-state index contributed by atoms with van der Waals surface area (Å²) < 4.78 is 34.5. The third-order valence-corrected chi connectivity index (χ3v) is 7.23. The van der Waals surface area contributed by atoms with Crippen molar-refractivity contribution >= 4 is 0 Å². The van der Waals surface area contributed by atoms with Crippen LogP contribution in [0.15, 0.2) is 42.5 Å². The van der Waals surface area contributed by atoms with Gasteiger partial charge in [0.2, 0.25) is 0 Å². The van der Waals surface area contributed by atoms with Gasteiger partial charge in [-0.3, -0.25) is 4.90 Å². The second-order valence-electron chi connectivity index (χ2n) is 8.93. The number of methoxy groups -OCH3 is 5. The van der Waals surface area contributed by atoms with Crippen LogP contribution < -0.4 is 28.4 Å². The molecule has 0 fully saturated rings. The van der Waals surface area contributed by atoms with Gasteiger partial charge in [-0.2, -0.15) is 0 Å². The Balaban J connectivity index is 1.53. The summed E-state index contributed by atoms with van der Waals surface area (Å²) in [4.78, 5) is 2.51. The van der Waals surface area contributed by atoms with Crippen LogP contribution in [0.4, 0.5) is 0 Å². The van der Waals surface area contributed by atoms with E-state index in [0.717, 1.165) is 65.8 Å². The van der Waals surface area contributed by atoms with E-state index in [1.807, 2.05) is 24.3 Å². The van der Waals surface area contributed by atoms with E-state index in [0.29, 0.717) is 12.4 Å². The van der Waals surface area contributed by atoms with E-state index in [2.05, 4.69) is 23.1 Å². The van der Waals surface area contributed by atoms with Crippen LogP contribution in [0.3, 0.4) is 0 Å². The van der Waals surface area contributed by atoms with E-state index in [-0.39, 0.29) is 6.04 Å². The van der Waals surface area contributed by atoms with Gasteiger partial charge in [-0.15, -0.1) is 0 Å². The fraction of sp³-hybridized carbons (Fsp3) is 0.379. The molecular formula is C29H33NO6. The van der Waals surface area contributed by atoms with Gasteiger partial charge in [-0.25, -0.2) is 0 Å². The predicted molar refractivity (Wildman–Crippen MR) is 138 cm³/mol. The number of nitrogens with zero attached hydrogens (tertiary/aromatic N) is 1. The fourth-order valence-electron chi connectivity index (χ4n) is 5.56. The highest BCUT2D eigenvalue weighted by atomic mass is 16.5. The number of fused-ring (bicyclic) bond motifs is 2. The molecule has 36 heavy (non-hydrogen) atoms. The summed E-state index contributed by atoms with van der Waals surface area (Å²) in [6.07, 6.45) is 1.79. The SMILES string of the molecule is COc1cc2c(cc1OC)-c1c(OC)c(OC)cc3c1[C@H](C2)N(CCOc1ccccc1OC)CC3. The third kappa shape index (κ3) is 4.07. The number of rotatable bonds is 9. The monoisotopic (exact) mass is 491 g/mol. The van der Waals surface area contributed by atoms with Gasteiger partial charge in [0.15, 0.2) is 34.5 Å². The normalized spacial score (nSPS) is 16.0. The largest absolute Gasteiger partial charge is 0.493 e. The van der Waals surface area contributed by atoms with Crippen LogP contribution >= 0.6 is 0 Å². The Labute approximate surface area is 212 Å². The lowest BCUT2D eigenvalue weighted by Gasteiger charge is -2.42. The molecule has 1 atom stereocenters. The smallest absolute Gasteiger partial charge is 0.168 e. The Kier molecular flexibility index (Phi) is 6.83. The van der Waals surface area contributed by atoms with Crippen molar-refractivity contribution in [1.82, 2.24) is 4.90 Å². The Morgan fingerprint density at radius 1 is 0.750 bits per heavy atom. The molecule has 7 nitrogen and oxygen atoms in total. The number of benzene rings is 3. The maximum absolute atomic E-state index is 6.13. The second-order valence-corrected chi connectivity index (χ2v) is 8.93. The van der Waals surface area contributed by atoms with E-state index in [4.69, 9.17) is 28.4 Å². The van der Waals surface area contributed by atoms with Gasteiger partial charge in [0.05, 0.1) is 35.5 Å². The summed E-state index contributed by atoms with van der Waals surface area (Å²) in [6, 6.07) is 14.2. The molecule has 190 valence electrons.